The van der Waals surface area contributed by atoms with Crippen LogP contribution in [0.25, 0.3) is 21.9 Å². The van der Waals surface area contributed by atoms with Gasteiger partial charge in [0.15, 0.2) is 0 Å². The maximum absolute atomic E-state index is 13.5. The number of sulfone groups is 1. The van der Waals surface area contributed by atoms with Crippen LogP contribution in [-0.2, 0) is 32.0 Å². The van der Waals surface area contributed by atoms with E-state index in [1.165, 1.54) is 37.4 Å². The molecule has 0 atom stereocenters. The molecule has 0 aliphatic heterocycles. The third kappa shape index (κ3) is 4.83. The molecule has 0 spiro atoms. The van der Waals surface area contributed by atoms with Crippen LogP contribution >= 0.6 is 11.6 Å². The van der Waals surface area contributed by atoms with Gasteiger partial charge in [0.25, 0.3) is 0 Å². The molecule has 0 amide bonds. The number of hydrogen-bond acceptors (Lipinski definition) is 4. The zero-order chi connectivity index (χ0) is 26.3. The molecule has 0 bridgehead atoms. The van der Waals surface area contributed by atoms with Crippen LogP contribution in [-0.4, -0.2) is 21.5 Å². The van der Waals surface area contributed by atoms with Crippen LogP contribution in [0.2, 0.25) is 5.02 Å². The zero-order valence-corrected chi connectivity index (χ0v) is 20.8. The SMILES string of the molecule is COC(=O)Cc1cc2ccc(Cl)cc2c(-c2ccc(S(=O)(=O)c3ccccc3C(F)(F)F)cc2)c1C. The summed E-state index contributed by atoms with van der Waals surface area (Å²) in [6, 6.07) is 16.9. The molecule has 0 fully saturated rings. The van der Waals surface area contributed by atoms with E-state index in [-0.39, 0.29) is 11.3 Å². The van der Waals surface area contributed by atoms with Gasteiger partial charge in [0.1, 0.15) is 0 Å². The first-order chi connectivity index (χ1) is 16.9. The van der Waals surface area contributed by atoms with E-state index < -0.39 is 32.4 Å². The largest absolute Gasteiger partial charge is 0.469 e. The number of ether oxygens (including phenoxy) is 1. The second-order valence-corrected chi connectivity index (χ2v) is 10.5. The molecule has 4 aromatic rings. The normalized spacial score (nSPS) is 12.1. The molecule has 0 aliphatic carbocycles. The molecule has 0 aliphatic rings. The fraction of sp³-hybridized carbons (Fsp3) is 0.148. The number of rotatable bonds is 5. The highest BCUT2D eigenvalue weighted by molar-refractivity contribution is 7.91. The van der Waals surface area contributed by atoms with Crippen molar-refractivity contribution in [1.29, 1.82) is 0 Å². The van der Waals surface area contributed by atoms with Gasteiger partial charge >= 0.3 is 12.1 Å². The number of benzene rings is 4. The predicted molar refractivity (Wildman–Crippen MR) is 132 cm³/mol. The molecular formula is C27H20ClF3O4S. The first-order valence-corrected chi connectivity index (χ1v) is 12.6. The third-order valence-electron chi connectivity index (χ3n) is 5.97. The van der Waals surface area contributed by atoms with E-state index in [0.29, 0.717) is 10.6 Å². The van der Waals surface area contributed by atoms with Crippen molar-refractivity contribution in [3.8, 4) is 11.1 Å². The van der Waals surface area contributed by atoms with Crippen LogP contribution in [0.1, 0.15) is 16.7 Å². The predicted octanol–water partition coefficient (Wildman–Crippen LogP) is 7.04. The zero-order valence-electron chi connectivity index (χ0n) is 19.2. The Kier molecular flexibility index (Phi) is 6.86. The summed E-state index contributed by atoms with van der Waals surface area (Å²) in [4.78, 5) is 10.9. The number of carbonyl (C=O) groups is 1. The minimum absolute atomic E-state index is 0.0363. The van der Waals surface area contributed by atoms with Crippen molar-refractivity contribution in [2.45, 2.75) is 29.3 Å². The number of methoxy groups -OCH3 is 1. The van der Waals surface area contributed by atoms with Crippen LogP contribution in [0.4, 0.5) is 13.2 Å². The molecular weight excluding hydrogens is 513 g/mol. The second-order valence-electron chi connectivity index (χ2n) is 8.18. The van der Waals surface area contributed by atoms with Crippen molar-refractivity contribution in [3.05, 3.63) is 94.5 Å². The molecule has 0 unspecified atom stereocenters. The standard InChI is InChI=1S/C27H20ClF3O4S/c1-16-19(14-25(32)35-2)13-18-7-10-20(28)15-22(18)26(16)17-8-11-21(12-9-17)36(33,34)24-6-4-3-5-23(24)27(29,30)31/h3-13,15H,14H2,1-2H3. The fourth-order valence-electron chi connectivity index (χ4n) is 4.18. The molecule has 0 aromatic heterocycles. The van der Waals surface area contributed by atoms with Gasteiger partial charge < -0.3 is 4.74 Å². The lowest BCUT2D eigenvalue weighted by Gasteiger charge is -2.17. The van der Waals surface area contributed by atoms with Crippen LogP contribution in [0, 0.1) is 6.92 Å². The number of hydrogen-bond donors (Lipinski definition) is 0. The van der Waals surface area contributed by atoms with Crippen molar-refractivity contribution in [3.63, 3.8) is 0 Å². The lowest BCUT2D eigenvalue weighted by atomic mass is 9.89. The van der Waals surface area contributed by atoms with Crippen LogP contribution in [0.15, 0.2) is 82.6 Å². The molecule has 0 radical (unpaired) electrons. The smallest absolute Gasteiger partial charge is 0.417 e. The first kappa shape index (κ1) is 25.7. The molecule has 0 saturated heterocycles. The van der Waals surface area contributed by atoms with Crippen molar-refractivity contribution in [1.82, 2.24) is 0 Å². The van der Waals surface area contributed by atoms with Gasteiger partial charge in [0.2, 0.25) is 9.84 Å². The Hall–Kier alpha value is -3.36. The van der Waals surface area contributed by atoms with Crippen LogP contribution in [0.3, 0.4) is 0 Å². The summed E-state index contributed by atoms with van der Waals surface area (Å²) in [6.45, 7) is 1.83. The Bertz CT molecular complexity index is 1580. The molecule has 0 heterocycles. The summed E-state index contributed by atoms with van der Waals surface area (Å²) < 4.78 is 71.4. The van der Waals surface area contributed by atoms with E-state index in [1.807, 2.05) is 19.1 Å². The topological polar surface area (TPSA) is 60.4 Å². The number of alkyl halides is 3. The number of halogens is 4. The van der Waals surface area contributed by atoms with Gasteiger partial charge in [-0.3, -0.25) is 4.79 Å². The van der Waals surface area contributed by atoms with Crippen molar-refractivity contribution >= 4 is 38.2 Å². The second kappa shape index (κ2) is 9.59. The first-order valence-electron chi connectivity index (χ1n) is 10.7. The maximum Gasteiger partial charge on any atom is 0.417 e. The van der Waals surface area contributed by atoms with E-state index >= 15 is 0 Å². The Labute approximate surface area is 211 Å². The van der Waals surface area contributed by atoms with Crippen LogP contribution < -0.4 is 0 Å². The lowest BCUT2D eigenvalue weighted by Crippen LogP contribution is -2.13. The summed E-state index contributed by atoms with van der Waals surface area (Å²) >= 11 is 6.24. The summed E-state index contributed by atoms with van der Waals surface area (Å²) in [5.41, 5.74) is 1.62. The molecule has 186 valence electrons. The van der Waals surface area contributed by atoms with Gasteiger partial charge in [-0.25, -0.2) is 8.42 Å². The summed E-state index contributed by atoms with van der Waals surface area (Å²) in [6.07, 6.45) is -4.78. The molecule has 4 nitrogen and oxygen atoms in total. The quantitative estimate of drug-likeness (QED) is 0.259. The number of fused-ring (bicyclic) bond motifs is 1. The highest BCUT2D eigenvalue weighted by atomic mass is 35.5. The van der Waals surface area contributed by atoms with Crippen molar-refractivity contribution in [2.75, 3.05) is 7.11 Å². The van der Waals surface area contributed by atoms with Crippen LogP contribution in [0.5, 0.6) is 0 Å². The fourth-order valence-corrected chi connectivity index (χ4v) is 5.83. The molecule has 0 saturated carbocycles. The molecule has 9 heteroatoms. The lowest BCUT2D eigenvalue weighted by molar-refractivity contribution is -0.140. The summed E-state index contributed by atoms with van der Waals surface area (Å²) in [5.74, 6) is -0.415. The van der Waals surface area contributed by atoms with Gasteiger partial charge in [-0.15, -0.1) is 0 Å². The Morgan fingerprint density at radius 2 is 1.64 bits per heavy atom. The number of esters is 1. The monoisotopic (exact) mass is 532 g/mol. The molecule has 4 aromatic carbocycles. The van der Waals surface area contributed by atoms with E-state index in [9.17, 15) is 26.4 Å². The maximum atomic E-state index is 13.5. The minimum atomic E-state index is -4.82. The minimum Gasteiger partial charge on any atom is -0.469 e. The van der Waals surface area contributed by atoms with E-state index in [0.717, 1.165) is 45.7 Å². The molecule has 0 N–H and O–H groups in total. The molecule has 36 heavy (non-hydrogen) atoms. The Balaban J connectivity index is 1.86. The van der Waals surface area contributed by atoms with E-state index in [2.05, 4.69) is 0 Å². The highest BCUT2D eigenvalue weighted by Gasteiger charge is 2.37. The van der Waals surface area contributed by atoms with E-state index in [4.69, 9.17) is 16.3 Å². The van der Waals surface area contributed by atoms with Gasteiger partial charge in [0.05, 0.1) is 28.9 Å². The van der Waals surface area contributed by atoms with Gasteiger partial charge in [-0.1, -0.05) is 48.0 Å². The average Bonchev–Trinajstić information content (AvgIpc) is 2.84. The molecule has 4 rings (SSSR count). The third-order valence-corrected chi connectivity index (χ3v) is 8.03. The van der Waals surface area contributed by atoms with E-state index in [1.54, 1.807) is 12.1 Å². The van der Waals surface area contributed by atoms with Crippen molar-refractivity contribution < 1.29 is 31.1 Å². The van der Waals surface area contributed by atoms with Gasteiger partial charge in [-0.2, -0.15) is 13.2 Å². The Morgan fingerprint density at radius 1 is 0.972 bits per heavy atom. The average molecular weight is 533 g/mol. The van der Waals surface area contributed by atoms with Gasteiger partial charge in [-0.05, 0) is 76.3 Å². The van der Waals surface area contributed by atoms with Gasteiger partial charge in [0, 0.05) is 5.02 Å². The summed E-state index contributed by atoms with van der Waals surface area (Å²) in [5, 5.41) is 2.09. The van der Waals surface area contributed by atoms with Crippen molar-refractivity contribution in [2.24, 2.45) is 0 Å². The number of carbonyl (C=O) groups excluding carboxylic acids is 1. The Morgan fingerprint density at radius 3 is 2.28 bits per heavy atom. The summed E-state index contributed by atoms with van der Waals surface area (Å²) in [7, 11) is -3.14. The highest BCUT2D eigenvalue weighted by Crippen LogP contribution is 2.39.